The predicted octanol–water partition coefficient (Wildman–Crippen LogP) is 2.19. The summed E-state index contributed by atoms with van der Waals surface area (Å²) >= 11 is 0. The molecule has 1 atom stereocenters. The average molecular weight is 343 g/mol. The second kappa shape index (κ2) is 8.73. The number of hydrogen-bond acceptors (Lipinski definition) is 4. The van der Waals surface area contributed by atoms with Gasteiger partial charge in [-0.2, -0.15) is 0 Å². The van der Waals surface area contributed by atoms with Crippen molar-refractivity contribution < 1.29 is 24.2 Å². The van der Waals surface area contributed by atoms with Gasteiger partial charge in [0.15, 0.2) is 6.61 Å². The molecule has 0 aromatic heterocycles. The second-order valence-electron chi connectivity index (χ2n) is 5.57. The lowest BCUT2D eigenvalue weighted by molar-refractivity contribution is -0.142. The van der Waals surface area contributed by atoms with Gasteiger partial charge in [-0.05, 0) is 36.2 Å². The summed E-state index contributed by atoms with van der Waals surface area (Å²) in [5.74, 6) is -0.330. The van der Waals surface area contributed by atoms with Crippen LogP contribution in [0.3, 0.4) is 0 Å². The number of nitrogens with one attached hydrogen (secondary N) is 1. The van der Waals surface area contributed by atoms with Crippen molar-refractivity contribution in [3.8, 4) is 11.5 Å². The smallest absolute Gasteiger partial charge is 0.326 e. The molecule has 132 valence electrons. The summed E-state index contributed by atoms with van der Waals surface area (Å²) in [6.07, 6.45) is 0.212. The Bertz CT molecular complexity index is 730. The number of carbonyl (C=O) groups is 2. The topological polar surface area (TPSA) is 84.9 Å². The first kappa shape index (κ1) is 18.3. The Morgan fingerprint density at radius 2 is 1.88 bits per heavy atom. The van der Waals surface area contributed by atoms with Gasteiger partial charge in [-0.15, -0.1) is 0 Å². The molecule has 0 spiro atoms. The van der Waals surface area contributed by atoms with Crippen molar-refractivity contribution in [2.45, 2.75) is 19.4 Å². The van der Waals surface area contributed by atoms with Gasteiger partial charge in [0.2, 0.25) is 0 Å². The summed E-state index contributed by atoms with van der Waals surface area (Å²) in [7, 11) is 1.58. The van der Waals surface area contributed by atoms with E-state index < -0.39 is 17.9 Å². The first-order valence-electron chi connectivity index (χ1n) is 7.83. The molecule has 0 bridgehead atoms. The van der Waals surface area contributed by atoms with E-state index in [1.807, 2.05) is 37.3 Å². The molecular weight excluding hydrogens is 322 g/mol. The molecule has 0 heterocycles. The summed E-state index contributed by atoms with van der Waals surface area (Å²) in [6.45, 7) is 1.61. The number of aliphatic carboxylic acids is 1. The number of amides is 1. The van der Waals surface area contributed by atoms with Crippen LogP contribution in [0.25, 0.3) is 0 Å². The maximum atomic E-state index is 12.0. The minimum Gasteiger partial charge on any atom is -0.496 e. The average Bonchev–Trinajstić information content (AvgIpc) is 2.60. The van der Waals surface area contributed by atoms with Gasteiger partial charge in [0.05, 0.1) is 7.11 Å². The molecule has 0 fully saturated rings. The van der Waals surface area contributed by atoms with Gasteiger partial charge in [0, 0.05) is 6.42 Å². The summed E-state index contributed by atoms with van der Waals surface area (Å²) < 4.78 is 10.6. The van der Waals surface area contributed by atoms with Crippen molar-refractivity contribution in [1.29, 1.82) is 0 Å². The minimum absolute atomic E-state index is 0.212. The Hall–Kier alpha value is -3.02. The van der Waals surface area contributed by atoms with Gasteiger partial charge in [-0.3, -0.25) is 4.79 Å². The van der Waals surface area contributed by atoms with Crippen LogP contribution in [-0.4, -0.2) is 36.7 Å². The van der Waals surface area contributed by atoms with Gasteiger partial charge >= 0.3 is 5.97 Å². The lowest BCUT2D eigenvalue weighted by Gasteiger charge is -2.15. The molecular formula is C19H21NO5. The van der Waals surface area contributed by atoms with Gasteiger partial charge < -0.3 is 19.9 Å². The van der Waals surface area contributed by atoms with Crippen molar-refractivity contribution in [3.05, 3.63) is 59.7 Å². The van der Waals surface area contributed by atoms with Crippen LogP contribution < -0.4 is 14.8 Å². The van der Waals surface area contributed by atoms with Crippen LogP contribution >= 0.6 is 0 Å². The molecule has 0 aliphatic carbocycles. The number of rotatable bonds is 8. The lowest BCUT2D eigenvalue weighted by atomic mass is 10.1. The molecule has 25 heavy (non-hydrogen) atoms. The fraction of sp³-hybridized carbons (Fsp3) is 0.263. The van der Waals surface area contributed by atoms with Crippen molar-refractivity contribution in [1.82, 2.24) is 5.32 Å². The first-order valence-corrected chi connectivity index (χ1v) is 7.83. The van der Waals surface area contributed by atoms with E-state index in [0.717, 1.165) is 16.9 Å². The standard InChI is InChI=1S/C19H21NO5/c1-13-10-15(8-9-17(13)24-2)25-12-18(21)20-16(19(22)23)11-14-6-4-3-5-7-14/h3-10,16H,11-12H2,1-2H3,(H,20,21)(H,22,23). The van der Waals surface area contributed by atoms with Crippen LogP contribution in [0.5, 0.6) is 11.5 Å². The third-order valence-electron chi connectivity index (χ3n) is 3.65. The SMILES string of the molecule is COc1ccc(OCC(=O)NC(Cc2ccccc2)C(=O)O)cc1C. The molecule has 0 radical (unpaired) electrons. The molecule has 2 aromatic rings. The number of carboxylic acid groups (broad SMARTS) is 1. The molecule has 6 nitrogen and oxygen atoms in total. The van der Waals surface area contributed by atoms with E-state index in [9.17, 15) is 14.7 Å². The molecule has 6 heteroatoms. The highest BCUT2D eigenvalue weighted by atomic mass is 16.5. The third-order valence-corrected chi connectivity index (χ3v) is 3.65. The molecule has 0 saturated carbocycles. The molecule has 0 aliphatic heterocycles. The van der Waals surface area contributed by atoms with E-state index >= 15 is 0 Å². The Labute approximate surface area is 146 Å². The number of aryl methyl sites for hydroxylation is 1. The van der Waals surface area contributed by atoms with Crippen LogP contribution in [0.1, 0.15) is 11.1 Å². The van der Waals surface area contributed by atoms with E-state index in [2.05, 4.69) is 5.32 Å². The summed E-state index contributed by atoms with van der Waals surface area (Å²) in [4.78, 5) is 23.4. The van der Waals surface area contributed by atoms with Crippen molar-refractivity contribution >= 4 is 11.9 Å². The van der Waals surface area contributed by atoms with E-state index in [0.29, 0.717) is 5.75 Å². The van der Waals surface area contributed by atoms with E-state index in [-0.39, 0.29) is 13.0 Å². The fourth-order valence-corrected chi connectivity index (χ4v) is 2.38. The Kier molecular flexibility index (Phi) is 6.39. The Morgan fingerprint density at radius 1 is 1.16 bits per heavy atom. The number of carbonyl (C=O) groups excluding carboxylic acids is 1. The highest BCUT2D eigenvalue weighted by molar-refractivity contribution is 5.84. The summed E-state index contributed by atoms with van der Waals surface area (Å²) in [5, 5.41) is 11.8. The van der Waals surface area contributed by atoms with Crippen molar-refractivity contribution in [2.24, 2.45) is 0 Å². The van der Waals surface area contributed by atoms with E-state index in [4.69, 9.17) is 9.47 Å². The van der Waals surface area contributed by atoms with Gasteiger partial charge in [-0.1, -0.05) is 30.3 Å². The zero-order valence-electron chi connectivity index (χ0n) is 14.2. The fourth-order valence-electron chi connectivity index (χ4n) is 2.38. The number of methoxy groups -OCH3 is 1. The first-order chi connectivity index (χ1) is 12.0. The number of hydrogen-bond donors (Lipinski definition) is 2. The maximum absolute atomic E-state index is 12.0. The van der Waals surface area contributed by atoms with Gasteiger partial charge in [-0.25, -0.2) is 4.79 Å². The van der Waals surface area contributed by atoms with E-state index in [1.54, 1.807) is 25.3 Å². The summed E-state index contributed by atoms with van der Waals surface area (Å²) in [5.41, 5.74) is 1.72. The van der Waals surface area contributed by atoms with Gasteiger partial charge in [0.25, 0.3) is 5.91 Å². The Balaban J connectivity index is 1.90. The van der Waals surface area contributed by atoms with Crippen molar-refractivity contribution in [2.75, 3.05) is 13.7 Å². The van der Waals surface area contributed by atoms with Crippen LogP contribution in [0.2, 0.25) is 0 Å². The molecule has 2 rings (SSSR count). The molecule has 0 aliphatic rings. The maximum Gasteiger partial charge on any atom is 0.326 e. The lowest BCUT2D eigenvalue weighted by Crippen LogP contribution is -2.44. The number of benzene rings is 2. The quantitative estimate of drug-likeness (QED) is 0.767. The predicted molar refractivity (Wildman–Crippen MR) is 92.9 cm³/mol. The number of ether oxygens (including phenoxy) is 2. The van der Waals surface area contributed by atoms with Crippen molar-refractivity contribution in [3.63, 3.8) is 0 Å². The number of carboxylic acids is 1. The summed E-state index contributed by atoms with van der Waals surface area (Å²) in [6, 6.07) is 13.3. The Morgan fingerprint density at radius 3 is 2.48 bits per heavy atom. The van der Waals surface area contributed by atoms with Crippen LogP contribution in [-0.2, 0) is 16.0 Å². The second-order valence-corrected chi connectivity index (χ2v) is 5.57. The third kappa shape index (κ3) is 5.53. The normalized spacial score (nSPS) is 11.4. The molecule has 0 saturated heterocycles. The van der Waals surface area contributed by atoms with E-state index in [1.165, 1.54) is 0 Å². The zero-order valence-corrected chi connectivity index (χ0v) is 14.2. The minimum atomic E-state index is -1.09. The van der Waals surface area contributed by atoms with Crippen LogP contribution in [0, 0.1) is 6.92 Å². The zero-order chi connectivity index (χ0) is 18.2. The van der Waals surface area contributed by atoms with Crippen LogP contribution in [0.4, 0.5) is 0 Å². The van der Waals surface area contributed by atoms with Gasteiger partial charge in [0.1, 0.15) is 17.5 Å². The molecule has 1 amide bonds. The molecule has 1 unspecified atom stereocenters. The highest BCUT2D eigenvalue weighted by Gasteiger charge is 2.20. The molecule has 2 N–H and O–H groups in total. The van der Waals surface area contributed by atoms with Crippen LogP contribution in [0.15, 0.2) is 48.5 Å². The monoisotopic (exact) mass is 343 g/mol. The highest BCUT2D eigenvalue weighted by Crippen LogP contribution is 2.22. The largest absolute Gasteiger partial charge is 0.496 e. The molecule has 2 aromatic carbocycles.